The summed E-state index contributed by atoms with van der Waals surface area (Å²) in [6.45, 7) is 2.13. The van der Waals surface area contributed by atoms with Gasteiger partial charge in [0, 0.05) is 19.4 Å². The van der Waals surface area contributed by atoms with Crippen molar-refractivity contribution >= 4 is 0 Å². The van der Waals surface area contributed by atoms with Crippen LogP contribution in [0.5, 0.6) is 0 Å². The van der Waals surface area contributed by atoms with Crippen LogP contribution in [0.2, 0.25) is 0 Å². The van der Waals surface area contributed by atoms with Gasteiger partial charge in [-0.1, -0.05) is 13.3 Å². The van der Waals surface area contributed by atoms with Gasteiger partial charge in [0.05, 0.1) is 6.04 Å². The topological polar surface area (TPSA) is 55.9 Å². The Morgan fingerprint density at radius 2 is 2.50 bits per heavy atom. The van der Waals surface area contributed by atoms with Crippen molar-refractivity contribution in [2.24, 2.45) is 12.9 Å². The lowest BCUT2D eigenvalue weighted by Gasteiger charge is -2.13. The number of nitrogens with two attached hydrogens (primary N) is 1. The molecular weight excluding hydrogens is 152 g/mol. The van der Waals surface area contributed by atoms with E-state index in [1.165, 1.54) is 0 Å². The Morgan fingerprint density at radius 3 is 2.92 bits per heavy atom. The highest BCUT2D eigenvalue weighted by Crippen LogP contribution is 2.14. The van der Waals surface area contributed by atoms with Crippen LogP contribution in [0.1, 0.15) is 31.6 Å². The predicted molar refractivity (Wildman–Crippen MR) is 48.2 cm³/mol. The number of hydrogen-bond acceptors (Lipinski definition) is 3. The van der Waals surface area contributed by atoms with Gasteiger partial charge in [-0.05, 0) is 6.42 Å². The molecule has 12 heavy (non-hydrogen) atoms. The molecule has 1 aromatic rings. The van der Waals surface area contributed by atoms with Crippen molar-refractivity contribution in [3.63, 3.8) is 0 Å². The lowest BCUT2D eigenvalue weighted by atomic mass is 10.1. The van der Waals surface area contributed by atoms with Crippen molar-refractivity contribution < 1.29 is 0 Å². The lowest BCUT2D eigenvalue weighted by molar-refractivity contribution is 0.473. The van der Waals surface area contributed by atoms with Crippen LogP contribution in [0.4, 0.5) is 0 Å². The third-order valence-electron chi connectivity index (χ3n) is 1.95. The van der Waals surface area contributed by atoms with Crippen LogP contribution in [-0.4, -0.2) is 9.55 Å². The molecule has 68 valence electrons. The fraction of sp³-hybridized carbons (Fsp3) is 0.625. The minimum Gasteiger partial charge on any atom is -0.337 e. The maximum absolute atomic E-state index is 5.42. The SMILES string of the molecule is CCCC(NN)c1nccn1C. The largest absolute Gasteiger partial charge is 0.337 e. The van der Waals surface area contributed by atoms with Crippen LogP contribution in [0.15, 0.2) is 12.4 Å². The molecule has 0 saturated carbocycles. The molecule has 0 bridgehead atoms. The Kier molecular flexibility index (Phi) is 3.25. The molecule has 3 N–H and O–H groups in total. The first-order chi connectivity index (χ1) is 5.79. The minimum atomic E-state index is 0.176. The van der Waals surface area contributed by atoms with E-state index in [1.807, 2.05) is 17.8 Å². The van der Waals surface area contributed by atoms with Crippen LogP contribution < -0.4 is 11.3 Å². The van der Waals surface area contributed by atoms with E-state index in [0.717, 1.165) is 18.7 Å². The summed E-state index contributed by atoms with van der Waals surface area (Å²) in [5, 5.41) is 0. The van der Waals surface area contributed by atoms with Gasteiger partial charge in [0.2, 0.25) is 0 Å². The summed E-state index contributed by atoms with van der Waals surface area (Å²) in [7, 11) is 1.97. The highest BCUT2D eigenvalue weighted by Gasteiger charge is 2.11. The molecule has 0 aliphatic heterocycles. The van der Waals surface area contributed by atoms with Crippen molar-refractivity contribution in [2.45, 2.75) is 25.8 Å². The summed E-state index contributed by atoms with van der Waals surface area (Å²) in [6.07, 6.45) is 5.83. The normalized spacial score (nSPS) is 13.2. The first-order valence-electron chi connectivity index (χ1n) is 4.23. The smallest absolute Gasteiger partial charge is 0.126 e. The fourth-order valence-corrected chi connectivity index (χ4v) is 1.29. The second-order valence-electron chi connectivity index (χ2n) is 2.90. The molecule has 1 heterocycles. The van der Waals surface area contributed by atoms with Gasteiger partial charge in [-0.15, -0.1) is 0 Å². The zero-order valence-electron chi connectivity index (χ0n) is 7.62. The number of hydrazine groups is 1. The number of aryl methyl sites for hydroxylation is 1. The Hall–Kier alpha value is -0.870. The van der Waals surface area contributed by atoms with Gasteiger partial charge in [-0.25, -0.2) is 10.4 Å². The van der Waals surface area contributed by atoms with E-state index in [4.69, 9.17) is 5.84 Å². The summed E-state index contributed by atoms with van der Waals surface area (Å²) < 4.78 is 1.99. The number of hydrogen-bond donors (Lipinski definition) is 2. The van der Waals surface area contributed by atoms with E-state index in [2.05, 4.69) is 17.3 Å². The Balaban J connectivity index is 2.72. The average Bonchev–Trinajstić information content (AvgIpc) is 2.47. The Morgan fingerprint density at radius 1 is 1.75 bits per heavy atom. The maximum Gasteiger partial charge on any atom is 0.126 e. The van der Waals surface area contributed by atoms with Crippen LogP contribution in [0, 0.1) is 0 Å². The van der Waals surface area contributed by atoms with Gasteiger partial charge in [0.25, 0.3) is 0 Å². The van der Waals surface area contributed by atoms with Crippen molar-refractivity contribution in [1.29, 1.82) is 0 Å². The van der Waals surface area contributed by atoms with Crippen LogP contribution >= 0.6 is 0 Å². The monoisotopic (exact) mass is 168 g/mol. The average molecular weight is 168 g/mol. The van der Waals surface area contributed by atoms with Crippen molar-refractivity contribution in [3.05, 3.63) is 18.2 Å². The van der Waals surface area contributed by atoms with E-state index in [1.54, 1.807) is 6.20 Å². The highest BCUT2D eigenvalue weighted by molar-refractivity contribution is 4.97. The Labute approximate surface area is 72.8 Å². The van der Waals surface area contributed by atoms with Crippen molar-refractivity contribution in [3.8, 4) is 0 Å². The molecule has 1 rings (SSSR count). The molecule has 1 unspecified atom stereocenters. The maximum atomic E-state index is 5.42. The summed E-state index contributed by atoms with van der Waals surface area (Å²) in [5.41, 5.74) is 2.76. The van der Waals surface area contributed by atoms with Crippen molar-refractivity contribution in [1.82, 2.24) is 15.0 Å². The molecule has 0 fully saturated rings. The quantitative estimate of drug-likeness (QED) is 0.514. The number of rotatable bonds is 4. The Bertz CT molecular complexity index is 231. The number of aromatic nitrogens is 2. The summed E-state index contributed by atoms with van der Waals surface area (Å²) in [6, 6.07) is 0.176. The van der Waals surface area contributed by atoms with E-state index in [0.29, 0.717) is 0 Å². The van der Waals surface area contributed by atoms with Gasteiger partial charge >= 0.3 is 0 Å². The number of nitrogens with zero attached hydrogens (tertiary/aromatic N) is 2. The molecule has 0 radical (unpaired) electrons. The highest BCUT2D eigenvalue weighted by atomic mass is 15.3. The first kappa shape index (κ1) is 9.22. The number of imidazole rings is 1. The second kappa shape index (κ2) is 4.23. The van der Waals surface area contributed by atoms with E-state index in [9.17, 15) is 0 Å². The van der Waals surface area contributed by atoms with Crippen LogP contribution in [0.25, 0.3) is 0 Å². The molecule has 0 aliphatic rings. The van der Waals surface area contributed by atoms with Gasteiger partial charge < -0.3 is 4.57 Å². The minimum absolute atomic E-state index is 0.176. The van der Waals surface area contributed by atoms with Crippen LogP contribution in [0.3, 0.4) is 0 Å². The fourth-order valence-electron chi connectivity index (χ4n) is 1.29. The standard InChI is InChI=1S/C8H16N4/c1-3-4-7(11-9)8-10-5-6-12(8)2/h5-7,11H,3-4,9H2,1-2H3. The van der Waals surface area contributed by atoms with Crippen molar-refractivity contribution in [2.75, 3.05) is 0 Å². The van der Waals surface area contributed by atoms with Gasteiger partial charge in [0.15, 0.2) is 0 Å². The van der Waals surface area contributed by atoms with E-state index in [-0.39, 0.29) is 6.04 Å². The van der Waals surface area contributed by atoms with E-state index >= 15 is 0 Å². The zero-order valence-corrected chi connectivity index (χ0v) is 7.62. The molecule has 0 amide bonds. The van der Waals surface area contributed by atoms with Gasteiger partial charge in [-0.3, -0.25) is 5.84 Å². The zero-order chi connectivity index (χ0) is 8.97. The third kappa shape index (κ3) is 1.84. The third-order valence-corrected chi connectivity index (χ3v) is 1.95. The molecule has 4 nitrogen and oxygen atoms in total. The lowest BCUT2D eigenvalue weighted by Crippen LogP contribution is -2.29. The molecule has 1 atom stereocenters. The van der Waals surface area contributed by atoms with E-state index < -0.39 is 0 Å². The van der Waals surface area contributed by atoms with Gasteiger partial charge in [-0.2, -0.15) is 0 Å². The summed E-state index contributed by atoms with van der Waals surface area (Å²) >= 11 is 0. The molecular formula is C8H16N4. The summed E-state index contributed by atoms with van der Waals surface area (Å²) in [5.74, 6) is 6.42. The molecule has 4 heteroatoms. The second-order valence-corrected chi connectivity index (χ2v) is 2.90. The molecule has 0 spiro atoms. The molecule has 1 aromatic heterocycles. The van der Waals surface area contributed by atoms with Gasteiger partial charge in [0.1, 0.15) is 5.82 Å². The predicted octanol–water partition coefficient (Wildman–Crippen LogP) is 0.725. The summed E-state index contributed by atoms with van der Waals surface area (Å²) in [4.78, 5) is 4.23. The molecule has 0 saturated heterocycles. The number of nitrogens with one attached hydrogen (secondary N) is 1. The molecule has 0 aliphatic carbocycles. The molecule has 0 aromatic carbocycles. The van der Waals surface area contributed by atoms with Crippen LogP contribution in [-0.2, 0) is 7.05 Å². The first-order valence-corrected chi connectivity index (χ1v) is 4.23.